The lowest BCUT2D eigenvalue weighted by molar-refractivity contribution is -0.136. The summed E-state index contributed by atoms with van der Waals surface area (Å²) >= 11 is 0. The van der Waals surface area contributed by atoms with Crippen LogP contribution in [0, 0.1) is 0 Å². The molecule has 0 aromatic rings. The van der Waals surface area contributed by atoms with Crippen molar-refractivity contribution in [3.63, 3.8) is 0 Å². The van der Waals surface area contributed by atoms with Crippen molar-refractivity contribution in [1.82, 2.24) is 0 Å². The van der Waals surface area contributed by atoms with Gasteiger partial charge >= 0.3 is 11.9 Å². The highest BCUT2D eigenvalue weighted by Gasteiger charge is 2.00. The van der Waals surface area contributed by atoms with Crippen LogP contribution < -0.4 is 0 Å². The number of esters is 2. The van der Waals surface area contributed by atoms with Crippen molar-refractivity contribution in [2.45, 2.75) is 27.7 Å². The molecule has 0 heterocycles. The molecule has 0 N–H and O–H groups in total. The van der Waals surface area contributed by atoms with Crippen LogP contribution >= 0.6 is 0 Å². The maximum atomic E-state index is 11.2. The Bertz CT molecular complexity index is 636. The van der Waals surface area contributed by atoms with E-state index in [2.05, 4.69) is 9.47 Å². The Labute approximate surface area is 156 Å². The molecule has 0 unspecified atom stereocenters. The second-order valence-electron chi connectivity index (χ2n) is 5.61. The second kappa shape index (κ2) is 13.4. The molecular weight excluding hydrogens is 328 g/mol. The highest BCUT2D eigenvalue weighted by Crippen LogP contribution is 2.02. The number of hydrogen-bond donors (Lipinski definition) is 0. The molecule has 0 saturated carbocycles. The van der Waals surface area contributed by atoms with E-state index in [1.165, 1.54) is 14.2 Å². The molecule has 26 heavy (non-hydrogen) atoms. The highest BCUT2D eigenvalue weighted by molar-refractivity contribution is 5.88. The van der Waals surface area contributed by atoms with Crippen LogP contribution in [0.1, 0.15) is 27.7 Å². The van der Waals surface area contributed by atoms with Crippen molar-refractivity contribution in [2.24, 2.45) is 0 Å². The summed E-state index contributed by atoms with van der Waals surface area (Å²) in [6.45, 7) is 7.36. The molecule has 0 aromatic carbocycles. The summed E-state index contributed by atoms with van der Waals surface area (Å²) in [5, 5.41) is 0. The predicted octanol–water partition coefficient (Wildman–Crippen LogP) is 4.79. The Balaban J connectivity index is 4.67. The van der Waals surface area contributed by atoms with Crippen LogP contribution in [0.25, 0.3) is 0 Å². The average Bonchev–Trinajstić information content (AvgIpc) is 2.63. The fourth-order valence-electron chi connectivity index (χ4n) is 1.67. The van der Waals surface area contributed by atoms with E-state index in [9.17, 15) is 9.59 Å². The predicted molar refractivity (Wildman–Crippen MR) is 106 cm³/mol. The van der Waals surface area contributed by atoms with E-state index < -0.39 is 0 Å². The molecule has 0 saturated heterocycles. The molecule has 0 spiro atoms. The van der Waals surface area contributed by atoms with Gasteiger partial charge in [0.05, 0.1) is 14.2 Å². The van der Waals surface area contributed by atoms with Crippen LogP contribution in [0.15, 0.2) is 83.1 Å². The molecule has 0 fully saturated rings. The smallest absolute Gasteiger partial charge is 0.333 e. The van der Waals surface area contributed by atoms with Crippen molar-refractivity contribution in [1.29, 1.82) is 0 Å². The van der Waals surface area contributed by atoms with Crippen molar-refractivity contribution < 1.29 is 19.1 Å². The molecule has 0 aliphatic rings. The Hall–Kier alpha value is -2.88. The fraction of sp³-hybridized carbons (Fsp3) is 0.273. The molecule has 0 rings (SSSR count). The molecule has 4 heteroatoms. The van der Waals surface area contributed by atoms with E-state index in [0.717, 1.165) is 11.1 Å². The van der Waals surface area contributed by atoms with Gasteiger partial charge < -0.3 is 9.47 Å². The quantitative estimate of drug-likeness (QED) is 0.357. The topological polar surface area (TPSA) is 52.6 Å². The van der Waals surface area contributed by atoms with Gasteiger partial charge in [0.1, 0.15) is 0 Å². The average molecular weight is 356 g/mol. The summed E-state index contributed by atoms with van der Waals surface area (Å²) in [4.78, 5) is 22.5. The lowest BCUT2D eigenvalue weighted by Gasteiger charge is -1.95. The third-order valence-electron chi connectivity index (χ3n) is 3.25. The first-order valence-electron chi connectivity index (χ1n) is 8.20. The summed E-state index contributed by atoms with van der Waals surface area (Å²) < 4.78 is 9.25. The zero-order valence-electron chi connectivity index (χ0n) is 16.4. The van der Waals surface area contributed by atoms with Crippen molar-refractivity contribution >= 4 is 11.9 Å². The number of methoxy groups -OCH3 is 2. The zero-order valence-corrected chi connectivity index (χ0v) is 16.4. The monoisotopic (exact) mass is 356 g/mol. The van der Waals surface area contributed by atoms with E-state index in [1.54, 1.807) is 26.0 Å². The minimum absolute atomic E-state index is 0.332. The van der Waals surface area contributed by atoms with E-state index in [4.69, 9.17) is 0 Å². The summed E-state index contributed by atoms with van der Waals surface area (Å²) in [7, 11) is 2.72. The van der Waals surface area contributed by atoms with Gasteiger partial charge in [0, 0.05) is 11.1 Å². The molecule has 0 atom stereocenters. The van der Waals surface area contributed by atoms with Crippen LogP contribution in [-0.2, 0) is 19.1 Å². The van der Waals surface area contributed by atoms with Crippen LogP contribution in [0.4, 0.5) is 0 Å². The molecule has 140 valence electrons. The molecule has 0 aromatic heterocycles. The number of carbonyl (C=O) groups is 2. The van der Waals surface area contributed by atoms with Gasteiger partial charge in [-0.2, -0.15) is 0 Å². The van der Waals surface area contributed by atoms with Gasteiger partial charge in [0.25, 0.3) is 0 Å². The lowest BCUT2D eigenvalue weighted by Crippen LogP contribution is -2.00. The number of hydrogen-bond acceptors (Lipinski definition) is 4. The van der Waals surface area contributed by atoms with E-state index in [0.29, 0.717) is 11.1 Å². The molecule has 0 bridgehead atoms. The minimum Gasteiger partial charge on any atom is -0.466 e. The summed E-state index contributed by atoms with van der Waals surface area (Å²) in [6.07, 6.45) is 18.7. The summed E-state index contributed by atoms with van der Waals surface area (Å²) in [6, 6.07) is 0. The van der Waals surface area contributed by atoms with Crippen LogP contribution in [-0.4, -0.2) is 26.2 Å². The molecule has 4 nitrogen and oxygen atoms in total. The lowest BCUT2D eigenvalue weighted by atomic mass is 10.2. The van der Waals surface area contributed by atoms with Crippen molar-refractivity contribution in [3.8, 4) is 0 Å². The second-order valence-corrected chi connectivity index (χ2v) is 5.61. The largest absolute Gasteiger partial charge is 0.466 e. The zero-order chi connectivity index (χ0) is 19.9. The van der Waals surface area contributed by atoms with Crippen LogP contribution in [0.2, 0.25) is 0 Å². The first-order chi connectivity index (χ1) is 12.3. The van der Waals surface area contributed by atoms with Crippen molar-refractivity contribution in [3.05, 3.63) is 83.1 Å². The van der Waals surface area contributed by atoms with Gasteiger partial charge in [-0.15, -0.1) is 0 Å². The number of allylic oxidation sites excluding steroid dienone is 12. The molecular formula is C22H28O4. The molecule has 0 radical (unpaired) electrons. The van der Waals surface area contributed by atoms with Crippen LogP contribution in [0.5, 0.6) is 0 Å². The molecule has 0 amide bonds. The Morgan fingerprint density at radius 2 is 0.923 bits per heavy atom. The maximum Gasteiger partial charge on any atom is 0.333 e. The van der Waals surface area contributed by atoms with E-state index >= 15 is 0 Å². The minimum atomic E-state index is -0.332. The SMILES string of the molecule is COC(=O)/C(C)=C/C=C/C(C)=C/C=C/C=C(C)/C=C/C=C(\C)C(=O)OC. The van der Waals surface area contributed by atoms with Crippen molar-refractivity contribution in [2.75, 3.05) is 14.2 Å². The Morgan fingerprint density at radius 3 is 1.23 bits per heavy atom. The first-order valence-corrected chi connectivity index (χ1v) is 8.20. The fourth-order valence-corrected chi connectivity index (χ4v) is 1.67. The van der Waals surface area contributed by atoms with E-state index in [-0.39, 0.29) is 11.9 Å². The summed E-state index contributed by atoms with van der Waals surface area (Å²) in [5.41, 5.74) is 3.20. The van der Waals surface area contributed by atoms with Crippen LogP contribution in [0.3, 0.4) is 0 Å². The third kappa shape index (κ3) is 10.8. The number of carbonyl (C=O) groups excluding carboxylic acids is 2. The van der Waals surface area contributed by atoms with Gasteiger partial charge in [-0.1, -0.05) is 71.9 Å². The summed E-state index contributed by atoms with van der Waals surface area (Å²) in [5.74, 6) is -0.664. The number of ether oxygens (including phenoxy) is 2. The molecule has 0 aliphatic carbocycles. The van der Waals surface area contributed by atoms with Gasteiger partial charge in [-0.05, 0) is 27.7 Å². The van der Waals surface area contributed by atoms with Gasteiger partial charge in [-0.25, -0.2) is 9.59 Å². The highest BCUT2D eigenvalue weighted by atomic mass is 16.5. The third-order valence-corrected chi connectivity index (χ3v) is 3.25. The molecule has 0 aliphatic heterocycles. The van der Waals surface area contributed by atoms with Gasteiger partial charge in [-0.3, -0.25) is 0 Å². The van der Waals surface area contributed by atoms with E-state index in [1.807, 2.05) is 62.5 Å². The van der Waals surface area contributed by atoms with Gasteiger partial charge in [0.2, 0.25) is 0 Å². The van der Waals surface area contributed by atoms with Gasteiger partial charge in [0.15, 0.2) is 0 Å². The number of rotatable bonds is 8. The Morgan fingerprint density at radius 1 is 0.577 bits per heavy atom. The normalized spacial score (nSPS) is 14.5. The maximum absolute atomic E-state index is 11.2. The Kier molecular flexibility index (Phi) is 11.9. The first kappa shape index (κ1) is 23.1. The standard InChI is InChI=1S/C22H28O4/c1-17(13-9-15-19(3)21(23)25-5)11-7-8-12-18(2)14-10-16-20(4)22(24)26-6/h7-16H,1-6H3/b8-7+,13-9+,14-10+,17-11+,18-12+,19-15+,20-16+.